The smallest absolute Gasteiger partial charge is 0.0637 e. The number of allylic oxidation sites excluding steroid dienone is 2. The van der Waals surface area contributed by atoms with Gasteiger partial charge in [0.2, 0.25) is 0 Å². The van der Waals surface area contributed by atoms with E-state index in [1.807, 2.05) is 0 Å². The molecule has 1 unspecified atom stereocenters. The fraction of sp³-hybridized carbons (Fsp3) is 0.209. The predicted molar refractivity (Wildman–Crippen MR) is 202 cm³/mol. The molecule has 228 valence electrons. The third-order valence-electron chi connectivity index (χ3n) is 8.78. The molecule has 0 heterocycles. The number of hydrogen-bond donors (Lipinski definition) is 0. The minimum absolute atomic E-state index is 0.0429. The molecule has 4 heteroatoms. The van der Waals surface area contributed by atoms with Crippen LogP contribution in [-0.4, -0.2) is 10.3 Å². The van der Waals surface area contributed by atoms with E-state index < -0.39 is 0 Å². The van der Waals surface area contributed by atoms with Crippen LogP contribution in [-0.2, 0) is 25.7 Å². The van der Waals surface area contributed by atoms with E-state index in [1.165, 1.54) is 22.3 Å². The topological polar surface area (TPSA) is 24.7 Å². The molecule has 2 aliphatic rings. The summed E-state index contributed by atoms with van der Waals surface area (Å²) in [7, 11) is 0. The van der Waals surface area contributed by atoms with Crippen molar-refractivity contribution in [3.8, 4) is 23.7 Å². The molecule has 0 radical (unpaired) electrons. The number of fused-ring (bicyclic) bond motifs is 2. The average Bonchev–Trinajstić information content (AvgIpc) is 3.10. The molecule has 4 aromatic carbocycles. The predicted octanol–water partition coefficient (Wildman–Crippen LogP) is 10.2. The summed E-state index contributed by atoms with van der Waals surface area (Å²) in [6.07, 6.45) is 9.93. The molecular formula is C43H34N2S2. The second-order valence-corrected chi connectivity index (χ2v) is 12.3. The van der Waals surface area contributed by atoms with Crippen molar-refractivity contribution in [2.45, 2.75) is 58.3 Å². The Labute approximate surface area is 289 Å². The van der Waals surface area contributed by atoms with Crippen molar-refractivity contribution in [2.24, 2.45) is 9.98 Å². The van der Waals surface area contributed by atoms with Gasteiger partial charge in [0, 0.05) is 28.2 Å². The first-order valence-electron chi connectivity index (χ1n) is 16.2. The summed E-state index contributed by atoms with van der Waals surface area (Å²) in [4.78, 5) is 8.95. The van der Waals surface area contributed by atoms with Crippen molar-refractivity contribution in [3.63, 3.8) is 0 Å². The second kappa shape index (κ2) is 15.1. The number of aryl methyl sites for hydroxylation is 3. The molecule has 2 nitrogen and oxygen atoms in total. The number of isothiocyanates is 2. The molecule has 4 aromatic rings. The lowest BCUT2D eigenvalue weighted by Crippen LogP contribution is -2.15. The Kier molecular flexibility index (Phi) is 10.3. The molecule has 0 amide bonds. The summed E-state index contributed by atoms with van der Waals surface area (Å²) < 4.78 is 0. The Hall–Kier alpha value is -4.92. The van der Waals surface area contributed by atoms with Crippen molar-refractivity contribution in [2.75, 3.05) is 0 Å². The molecule has 0 aromatic heterocycles. The Bertz CT molecular complexity index is 2110. The van der Waals surface area contributed by atoms with Crippen LogP contribution < -0.4 is 0 Å². The molecule has 0 spiro atoms. The minimum atomic E-state index is -0.0429. The first-order chi connectivity index (χ1) is 23.1. The lowest BCUT2D eigenvalue weighted by atomic mass is 9.77. The SMILES string of the molecule is CCCc1ccc(C#Cc2cc3c(c(C4Cc5cc(C#Cc6ccc(CC)cc6)ccc5C=C4N=C=S)c2)C=C(N=C=S)CC3)cc1. The summed E-state index contributed by atoms with van der Waals surface area (Å²) in [5, 5.41) is 5.20. The van der Waals surface area contributed by atoms with Crippen LogP contribution in [0.25, 0.3) is 12.2 Å². The maximum absolute atomic E-state index is 5.13. The zero-order valence-electron chi connectivity index (χ0n) is 26.7. The van der Waals surface area contributed by atoms with Gasteiger partial charge in [-0.1, -0.05) is 74.3 Å². The zero-order chi connectivity index (χ0) is 32.6. The molecule has 0 aliphatic heterocycles. The van der Waals surface area contributed by atoms with Gasteiger partial charge in [-0.2, -0.15) is 9.98 Å². The lowest BCUT2D eigenvalue weighted by Gasteiger charge is -2.28. The van der Waals surface area contributed by atoms with E-state index in [0.29, 0.717) is 0 Å². The Morgan fingerprint density at radius 3 is 1.98 bits per heavy atom. The van der Waals surface area contributed by atoms with E-state index in [0.717, 1.165) is 88.9 Å². The van der Waals surface area contributed by atoms with E-state index in [4.69, 9.17) is 24.4 Å². The second-order valence-electron chi connectivity index (χ2n) is 11.9. The first-order valence-corrected chi connectivity index (χ1v) is 17.0. The molecule has 1 atom stereocenters. The summed E-state index contributed by atoms with van der Waals surface area (Å²) in [6, 6.07) is 27.9. The number of nitrogens with zero attached hydrogens (tertiary/aromatic N) is 2. The van der Waals surface area contributed by atoms with Gasteiger partial charge in [0.1, 0.15) is 0 Å². The van der Waals surface area contributed by atoms with Crippen LogP contribution in [0, 0.1) is 23.7 Å². The van der Waals surface area contributed by atoms with Gasteiger partial charge in [-0.05, 0) is 156 Å². The van der Waals surface area contributed by atoms with Crippen molar-refractivity contribution in [1.82, 2.24) is 0 Å². The maximum atomic E-state index is 5.13. The molecule has 0 saturated heterocycles. The highest BCUT2D eigenvalue weighted by atomic mass is 32.1. The van der Waals surface area contributed by atoms with E-state index in [2.05, 4.69) is 149 Å². The van der Waals surface area contributed by atoms with Gasteiger partial charge in [0.25, 0.3) is 0 Å². The van der Waals surface area contributed by atoms with Crippen molar-refractivity contribution >= 4 is 46.9 Å². The van der Waals surface area contributed by atoms with Crippen LogP contribution in [0.3, 0.4) is 0 Å². The summed E-state index contributed by atoms with van der Waals surface area (Å²) in [5.74, 6) is 13.5. The zero-order valence-corrected chi connectivity index (χ0v) is 28.3. The highest BCUT2D eigenvalue weighted by Crippen LogP contribution is 2.41. The van der Waals surface area contributed by atoms with Crippen LogP contribution in [0.15, 0.2) is 100 Å². The van der Waals surface area contributed by atoms with Gasteiger partial charge in [-0.3, -0.25) is 0 Å². The van der Waals surface area contributed by atoms with Crippen LogP contribution >= 0.6 is 24.4 Å². The Balaban J connectivity index is 1.40. The number of aliphatic imine (C=N–C) groups is 2. The number of benzene rings is 4. The molecule has 47 heavy (non-hydrogen) atoms. The van der Waals surface area contributed by atoms with Gasteiger partial charge < -0.3 is 0 Å². The van der Waals surface area contributed by atoms with Crippen LogP contribution in [0.5, 0.6) is 0 Å². The third-order valence-corrected chi connectivity index (χ3v) is 8.97. The molecule has 2 aliphatic carbocycles. The highest BCUT2D eigenvalue weighted by Gasteiger charge is 2.28. The van der Waals surface area contributed by atoms with Crippen molar-refractivity contribution in [1.29, 1.82) is 0 Å². The average molecular weight is 643 g/mol. The summed E-state index contributed by atoms with van der Waals surface area (Å²) in [6.45, 7) is 4.36. The first kappa shape index (κ1) is 32.0. The third kappa shape index (κ3) is 7.73. The number of hydrogen-bond acceptors (Lipinski definition) is 4. The van der Waals surface area contributed by atoms with E-state index in [-0.39, 0.29) is 5.92 Å². The van der Waals surface area contributed by atoms with Crippen molar-refractivity contribution < 1.29 is 0 Å². The molecular weight excluding hydrogens is 609 g/mol. The van der Waals surface area contributed by atoms with Crippen LogP contribution in [0.1, 0.15) is 93.8 Å². The van der Waals surface area contributed by atoms with E-state index in [9.17, 15) is 0 Å². The summed E-state index contributed by atoms with van der Waals surface area (Å²) in [5.41, 5.74) is 14.4. The highest BCUT2D eigenvalue weighted by molar-refractivity contribution is 7.78. The van der Waals surface area contributed by atoms with E-state index in [1.54, 1.807) is 0 Å². The largest absolute Gasteiger partial charge is 0.199 e. The Morgan fingerprint density at radius 1 is 0.660 bits per heavy atom. The number of thiocarbonyl (C=S) groups is 2. The van der Waals surface area contributed by atoms with Gasteiger partial charge in [-0.15, -0.1) is 0 Å². The molecule has 0 N–H and O–H groups in total. The van der Waals surface area contributed by atoms with Crippen LogP contribution in [0.2, 0.25) is 0 Å². The van der Waals surface area contributed by atoms with Gasteiger partial charge >= 0.3 is 0 Å². The molecule has 0 fully saturated rings. The van der Waals surface area contributed by atoms with Crippen LogP contribution in [0.4, 0.5) is 0 Å². The number of rotatable bonds is 6. The van der Waals surface area contributed by atoms with E-state index >= 15 is 0 Å². The maximum Gasteiger partial charge on any atom is 0.0637 e. The Morgan fingerprint density at radius 2 is 1.30 bits per heavy atom. The quantitative estimate of drug-likeness (QED) is 0.119. The summed E-state index contributed by atoms with van der Waals surface area (Å²) >= 11 is 10.1. The van der Waals surface area contributed by atoms with Crippen molar-refractivity contribution in [3.05, 3.63) is 151 Å². The van der Waals surface area contributed by atoms with Gasteiger partial charge in [-0.25, -0.2) is 0 Å². The monoisotopic (exact) mass is 642 g/mol. The molecule has 0 saturated carbocycles. The molecule has 0 bridgehead atoms. The normalized spacial score (nSPS) is 14.3. The minimum Gasteiger partial charge on any atom is -0.199 e. The fourth-order valence-electron chi connectivity index (χ4n) is 6.30. The van der Waals surface area contributed by atoms with Gasteiger partial charge in [0.15, 0.2) is 0 Å². The standard InChI is InChI=1S/C43H34N2S2/c1-3-5-31-10-12-33(13-11-31)15-17-35-23-37-20-21-39(44-28-46)27-40(37)41(24-35)42-25-38-22-34(18-19-36(38)26-43(42)45-29-47)16-14-32-8-6-30(4-2)7-9-32/h6-13,18-19,22-24,26-27,42H,3-5,20-21,25H2,1-2H3. The van der Waals surface area contributed by atoms with Gasteiger partial charge in [0.05, 0.1) is 21.7 Å². The fourth-order valence-corrected chi connectivity index (χ4v) is 6.53. The lowest BCUT2D eigenvalue weighted by molar-refractivity contribution is 0.762. The molecule has 6 rings (SSSR count).